The zero-order valence-corrected chi connectivity index (χ0v) is 7.05. The van der Waals surface area contributed by atoms with Crippen molar-refractivity contribution >= 4 is 0 Å². The molecule has 1 heterocycles. The van der Waals surface area contributed by atoms with Gasteiger partial charge in [-0.2, -0.15) is 0 Å². The maximum absolute atomic E-state index is 3.55. The molecule has 1 N–H and O–H groups in total. The van der Waals surface area contributed by atoms with Gasteiger partial charge in [0.05, 0.1) is 0 Å². The van der Waals surface area contributed by atoms with E-state index in [2.05, 4.69) is 17.5 Å². The molecule has 11 heavy (non-hydrogen) atoms. The second kappa shape index (κ2) is 3.40. The number of rotatable bonds is 2. The maximum atomic E-state index is 3.55. The molecule has 1 saturated heterocycles. The van der Waals surface area contributed by atoms with E-state index in [0.717, 1.165) is 12.0 Å². The predicted molar refractivity (Wildman–Crippen MR) is 47.5 cm³/mol. The van der Waals surface area contributed by atoms with Crippen molar-refractivity contribution in [2.45, 2.75) is 38.1 Å². The van der Waals surface area contributed by atoms with Crippen LogP contribution in [0.5, 0.6) is 0 Å². The molecule has 0 radical (unpaired) electrons. The number of nitrogens with one attached hydrogen (secondary N) is 1. The summed E-state index contributed by atoms with van der Waals surface area (Å²) in [5.41, 5.74) is 0. The van der Waals surface area contributed by atoms with Crippen molar-refractivity contribution in [1.82, 2.24) is 5.32 Å². The topological polar surface area (TPSA) is 12.0 Å². The second-order valence-electron chi connectivity index (χ2n) is 3.79. The van der Waals surface area contributed by atoms with Gasteiger partial charge >= 0.3 is 0 Å². The van der Waals surface area contributed by atoms with E-state index in [-0.39, 0.29) is 0 Å². The molecular formula is C10H17N. The molecule has 62 valence electrons. The average Bonchev–Trinajstić information content (AvgIpc) is 2.60. The van der Waals surface area contributed by atoms with Crippen molar-refractivity contribution < 1.29 is 0 Å². The molecule has 0 saturated carbocycles. The molecule has 1 aliphatic heterocycles. The molecule has 0 aromatic heterocycles. The zero-order valence-electron chi connectivity index (χ0n) is 7.05. The van der Waals surface area contributed by atoms with Crippen molar-refractivity contribution in [2.24, 2.45) is 5.92 Å². The Kier molecular flexibility index (Phi) is 2.27. The molecule has 0 amide bonds. The Balaban J connectivity index is 1.75. The van der Waals surface area contributed by atoms with Gasteiger partial charge in [-0.05, 0) is 44.6 Å². The lowest BCUT2D eigenvalue weighted by atomic mass is 9.99. The molecule has 0 aromatic carbocycles. The second-order valence-corrected chi connectivity index (χ2v) is 3.79. The Morgan fingerprint density at radius 2 is 2.36 bits per heavy atom. The van der Waals surface area contributed by atoms with Crippen molar-refractivity contribution in [2.75, 3.05) is 6.54 Å². The Hall–Kier alpha value is -0.300. The first kappa shape index (κ1) is 7.35. The van der Waals surface area contributed by atoms with E-state index in [4.69, 9.17) is 0 Å². The minimum atomic E-state index is 0.836. The Bertz CT molecular complexity index is 145. The summed E-state index contributed by atoms with van der Waals surface area (Å²) in [5, 5.41) is 3.55. The first-order chi connectivity index (χ1) is 5.45. The highest BCUT2D eigenvalue weighted by molar-refractivity contribution is 4.97. The van der Waals surface area contributed by atoms with E-state index in [9.17, 15) is 0 Å². The van der Waals surface area contributed by atoms with Crippen LogP contribution in [0.15, 0.2) is 12.2 Å². The molecule has 2 unspecified atom stereocenters. The van der Waals surface area contributed by atoms with Crippen LogP contribution in [0, 0.1) is 5.92 Å². The average molecular weight is 151 g/mol. The van der Waals surface area contributed by atoms with Gasteiger partial charge < -0.3 is 5.32 Å². The third kappa shape index (κ3) is 1.84. The molecule has 1 aliphatic carbocycles. The first-order valence-electron chi connectivity index (χ1n) is 4.85. The van der Waals surface area contributed by atoms with Gasteiger partial charge in [-0.15, -0.1) is 0 Å². The molecule has 0 aromatic rings. The monoisotopic (exact) mass is 151 g/mol. The summed E-state index contributed by atoms with van der Waals surface area (Å²) in [6, 6.07) is 0.836. The van der Waals surface area contributed by atoms with Crippen LogP contribution in [0.25, 0.3) is 0 Å². The van der Waals surface area contributed by atoms with Crippen LogP contribution in [0.1, 0.15) is 32.1 Å². The lowest BCUT2D eigenvalue weighted by Gasteiger charge is -2.13. The summed E-state index contributed by atoms with van der Waals surface area (Å²) in [6.07, 6.45) is 11.6. The molecule has 0 spiro atoms. The van der Waals surface area contributed by atoms with Gasteiger partial charge in [-0.3, -0.25) is 0 Å². The van der Waals surface area contributed by atoms with E-state index < -0.39 is 0 Å². The summed E-state index contributed by atoms with van der Waals surface area (Å²) in [4.78, 5) is 0. The molecule has 2 atom stereocenters. The molecule has 1 fully saturated rings. The third-order valence-electron chi connectivity index (χ3n) is 2.86. The molecule has 2 rings (SSSR count). The van der Waals surface area contributed by atoms with E-state index in [1.165, 1.54) is 38.6 Å². The summed E-state index contributed by atoms with van der Waals surface area (Å²) >= 11 is 0. The van der Waals surface area contributed by atoms with Gasteiger partial charge in [0, 0.05) is 6.04 Å². The fraction of sp³-hybridized carbons (Fsp3) is 0.800. The number of hydrogen-bond acceptors (Lipinski definition) is 1. The fourth-order valence-electron chi connectivity index (χ4n) is 2.21. The van der Waals surface area contributed by atoms with Crippen LogP contribution in [0.3, 0.4) is 0 Å². The number of allylic oxidation sites excluding steroid dienone is 2. The predicted octanol–water partition coefficient (Wildman–Crippen LogP) is 2.09. The Morgan fingerprint density at radius 3 is 3.00 bits per heavy atom. The Labute approximate surface area is 68.9 Å². The van der Waals surface area contributed by atoms with Crippen molar-refractivity contribution in [1.29, 1.82) is 0 Å². The first-order valence-corrected chi connectivity index (χ1v) is 4.85. The van der Waals surface area contributed by atoms with Crippen LogP contribution < -0.4 is 5.32 Å². The van der Waals surface area contributed by atoms with E-state index in [0.29, 0.717) is 0 Å². The molecular weight excluding hydrogens is 134 g/mol. The minimum Gasteiger partial charge on any atom is -0.314 e. The van der Waals surface area contributed by atoms with Crippen LogP contribution in [-0.4, -0.2) is 12.6 Å². The van der Waals surface area contributed by atoms with Crippen LogP contribution in [0.2, 0.25) is 0 Å². The molecule has 1 nitrogen and oxygen atoms in total. The largest absolute Gasteiger partial charge is 0.314 e. The van der Waals surface area contributed by atoms with Gasteiger partial charge in [-0.25, -0.2) is 0 Å². The highest BCUT2D eigenvalue weighted by Crippen LogP contribution is 2.24. The minimum absolute atomic E-state index is 0.836. The summed E-state index contributed by atoms with van der Waals surface area (Å²) in [5.74, 6) is 0.894. The number of hydrogen-bond donors (Lipinski definition) is 1. The quantitative estimate of drug-likeness (QED) is 0.596. The van der Waals surface area contributed by atoms with Gasteiger partial charge in [0.2, 0.25) is 0 Å². The summed E-state index contributed by atoms with van der Waals surface area (Å²) in [6.45, 7) is 1.25. The van der Waals surface area contributed by atoms with Crippen molar-refractivity contribution in [3.8, 4) is 0 Å². The van der Waals surface area contributed by atoms with Gasteiger partial charge in [0.25, 0.3) is 0 Å². The van der Waals surface area contributed by atoms with E-state index in [1.54, 1.807) is 0 Å². The van der Waals surface area contributed by atoms with Crippen LogP contribution in [0.4, 0.5) is 0 Å². The lowest BCUT2D eigenvalue weighted by Crippen LogP contribution is -2.23. The SMILES string of the molecule is C1=CC(CC2CCCN2)CC1. The molecule has 0 bridgehead atoms. The highest BCUT2D eigenvalue weighted by atomic mass is 14.9. The lowest BCUT2D eigenvalue weighted by molar-refractivity contribution is 0.465. The zero-order chi connectivity index (χ0) is 7.52. The summed E-state index contributed by atoms with van der Waals surface area (Å²) in [7, 11) is 0. The van der Waals surface area contributed by atoms with Crippen LogP contribution in [-0.2, 0) is 0 Å². The van der Waals surface area contributed by atoms with E-state index >= 15 is 0 Å². The third-order valence-corrected chi connectivity index (χ3v) is 2.86. The van der Waals surface area contributed by atoms with Crippen molar-refractivity contribution in [3.63, 3.8) is 0 Å². The maximum Gasteiger partial charge on any atom is 0.00731 e. The van der Waals surface area contributed by atoms with Crippen molar-refractivity contribution in [3.05, 3.63) is 12.2 Å². The molecule has 1 heteroatoms. The fourth-order valence-corrected chi connectivity index (χ4v) is 2.21. The highest BCUT2D eigenvalue weighted by Gasteiger charge is 2.18. The molecule has 2 aliphatic rings. The normalized spacial score (nSPS) is 36.7. The van der Waals surface area contributed by atoms with Gasteiger partial charge in [0.15, 0.2) is 0 Å². The summed E-state index contributed by atoms with van der Waals surface area (Å²) < 4.78 is 0. The smallest absolute Gasteiger partial charge is 0.00731 e. The standard InChI is InChI=1S/C10H17N/c1-2-5-9(4-1)8-10-6-3-7-11-10/h1,4,9-11H,2-3,5-8H2. The van der Waals surface area contributed by atoms with Gasteiger partial charge in [-0.1, -0.05) is 12.2 Å². The van der Waals surface area contributed by atoms with Gasteiger partial charge in [0.1, 0.15) is 0 Å². The van der Waals surface area contributed by atoms with E-state index in [1.807, 2.05) is 0 Å². The Morgan fingerprint density at radius 1 is 1.36 bits per heavy atom. The van der Waals surface area contributed by atoms with Crippen LogP contribution >= 0.6 is 0 Å².